The molecular formula is C41H58N6O7. The summed E-state index contributed by atoms with van der Waals surface area (Å²) in [6.45, 7) is 15.3. The number of amides is 7. The Labute approximate surface area is 318 Å². The number of hydrogen-bond donors (Lipinski definition) is 4. The van der Waals surface area contributed by atoms with Gasteiger partial charge in [0.05, 0.1) is 12.1 Å². The number of carbonyl (C=O) groups excluding carboxylic acids is 7. The summed E-state index contributed by atoms with van der Waals surface area (Å²) in [5.41, 5.74) is 4.26. The molecule has 4 fully saturated rings. The van der Waals surface area contributed by atoms with Gasteiger partial charge in [-0.2, -0.15) is 0 Å². The van der Waals surface area contributed by atoms with Gasteiger partial charge < -0.3 is 26.2 Å². The molecule has 13 nitrogen and oxygen atoms in total. The zero-order chi connectivity index (χ0) is 39.6. The van der Waals surface area contributed by atoms with Crippen molar-refractivity contribution in [2.45, 2.75) is 129 Å². The van der Waals surface area contributed by atoms with Crippen LogP contribution in [0.1, 0.15) is 106 Å². The topological polar surface area (TPSA) is 174 Å². The van der Waals surface area contributed by atoms with Gasteiger partial charge in [-0.25, -0.2) is 4.79 Å². The van der Waals surface area contributed by atoms with E-state index in [2.05, 4.69) is 39.3 Å². The maximum Gasteiger partial charge on any atom is 0.315 e. The minimum atomic E-state index is -1.28. The molecule has 13 heteroatoms. The average Bonchev–Trinajstić information content (AvgIpc) is 3.31. The Balaban J connectivity index is 1.39. The molecule has 5 rings (SSSR count). The van der Waals surface area contributed by atoms with E-state index in [9.17, 15) is 28.8 Å². The van der Waals surface area contributed by atoms with Crippen molar-refractivity contribution in [1.82, 2.24) is 31.1 Å². The van der Waals surface area contributed by atoms with E-state index >= 15 is 4.79 Å². The summed E-state index contributed by atoms with van der Waals surface area (Å²) < 4.78 is 0. The van der Waals surface area contributed by atoms with Gasteiger partial charge in [-0.15, -0.1) is 6.58 Å². The van der Waals surface area contributed by atoms with Crippen molar-refractivity contribution in [3.8, 4) is 0 Å². The molecule has 4 unspecified atom stereocenters. The molecule has 2 saturated carbocycles. The Bertz CT molecular complexity index is 1650. The molecule has 2 saturated heterocycles. The van der Waals surface area contributed by atoms with Crippen molar-refractivity contribution < 1.29 is 33.6 Å². The van der Waals surface area contributed by atoms with Crippen LogP contribution in [0.2, 0.25) is 0 Å². The third kappa shape index (κ3) is 8.42. The molecule has 2 aliphatic heterocycles. The maximum atomic E-state index is 15.0. The van der Waals surface area contributed by atoms with E-state index in [0.29, 0.717) is 12.0 Å². The van der Waals surface area contributed by atoms with Gasteiger partial charge in [0.25, 0.3) is 5.91 Å². The molecule has 0 bridgehead atoms. The minimum Gasteiger partial charge on any atom is -0.346 e. The molecule has 6 atom stereocenters. The summed E-state index contributed by atoms with van der Waals surface area (Å²) in [5.74, 6) is -3.71. The molecule has 0 radical (unpaired) electrons. The van der Waals surface area contributed by atoms with Crippen LogP contribution in [0, 0.1) is 28.6 Å². The fraction of sp³-hybridized carbons (Fsp3) is 0.683. The average molecular weight is 747 g/mol. The second-order valence-electron chi connectivity index (χ2n) is 17.6. The molecule has 3 aliphatic carbocycles. The highest BCUT2D eigenvalue weighted by Crippen LogP contribution is 2.59. The highest BCUT2D eigenvalue weighted by atomic mass is 16.2. The van der Waals surface area contributed by atoms with Crippen LogP contribution in [0.25, 0.3) is 0 Å². The fourth-order valence-electron chi connectivity index (χ4n) is 8.75. The van der Waals surface area contributed by atoms with E-state index in [1.807, 2.05) is 41.5 Å². The highest BCUT2D eigenvalue weighted by Gasteiger charge is 2.71. The minimum absolute atomic E-state index is 0.00484. The number of fused-ring (bicyclic) bond motifs is 2. The van der Waals surface area contributed by atoms with E-state index in [1.54, 1.807) is 6.08 Å². The summed E-state index contributed by atoms with van der Waals surface area (Å²) in [4.78, 5) is 98.2. The number of imide groups is 1. The van der Waals surface area contributed by atoms with E-state index in [-0.39, 0.29) is 74.4 Å². The van der Waals surface area contributed by atoms with Crippen LogP contribution in [-0.2, 0) is 28.8 Å². The van der Waals surface area contributed by atoms with E-state index in [0.717, 1.165) is 38.5 Å². The van der Waals surface area contributed by atoms with Crippen molar-refractivity contribution in [3.63, 3.8) is 0 Å². The molecule has 294 valence electrons. The first kappa shape index (κ1) is 40.7. The van der Waals surface area contributed by atoms with Gasteiger partial charge >= 0.3 is 6.03 Å². The summed E-state index contributed by atoms with van der Waals surface area (Å²) in [5, 5.41) is 11.4. The molecule has 7 amide bonds. The van der Waals surface area contributed by atoms with E-state index in [1.165, 1.54) is 15.9 Å². The Morgan fingerprint density at radius 3 is 2.26 bits per heavy atom. The van der Waals surface area contributed by atoms with Gasteiger partial charge in [-0.3, -0.25) is 33.7 Å². The molecule has 0 aromatic carbocycles. The van der Waals surface area contributed by atoms with Crippen molar-refractivity contribution >= 4 is 41.4 Å². The van der Waals surface area contributed by atoms with Crippen LogP contribution < -0.4 is 21.3 Å². The quantitative estimate of drug-likeness (QED) is 0.0912. The van der Waals surface area contributed by atoms with Gasteiger partial charge in [0, 0.05) is 44.0 Å². The predicted molar refractivity (Wildman–Crippen MR) is 201 cm³/mol. The van der Waals surface area contributed by atoms with E-state index < -0.39 is 58.1 Å². The molecule has 0 aromatic rings. The number of piperidine rings is 1. The third-order valence-corrected chi connectivity index (χ3v) is 11.8. The van der Waals surface area contributed by atoms with Gasteiger partial charge in [0.15, 0.2) is 0 Å². The summed E-state index contributed by atoms with van der Waals surface area (Å²) in [6, 6.07) is -3.41. The number of Topliss-reactive ketones (excluding diaryl/α,β-unsaturated/α-hetero) is 1. The van der Waals surface area contributed by atoms with Crippen molar-refractivity contribution in [1.29, 1.82) is 0 Å². The largest absolute Gasteiger partial charge is 0.346 e. The number of nitrogens with zero attached hydrogens (tertiary/aromatic N) is 2. The summed E-state index contributed by atoms with van der Waals surface area (Å²) >= 11 is 0. The lowest BCUT2D eigenvalue weighted by atomic mass is 9.80. The molecule has 5 aliphatic rings. The fourth-order valence-corrected chi connectivity index (χ4v) is 8.75. The zero-order valence-corrected chi connectivity index (χ0v) is 32.8. The van der Waals surface area contributed by atoms with Crippen molar-refractivity contribution in [3.05, 3.63) is 35.8 Å². The monoisotopic (exact) mass is 746 g/mol. The second-order valence-corrected chi connectivity index (χ2v) is 17.6. The predicted octanol–water partition coefficient (Wildman–Crippen LogP) is 3.45. The number of urea groups is 1. The first-order chi connectivity index (χ1) is 25.4. The van der Waals surface area contributed by atoms with Crippen LogP contribution in [0.15, 0.2) is 35.8 Å². The van der Waals surface area contributed by atoms with Crippen LogP contribution >= 0.6 is 0 Å². The number of nitrogens with one attached hydrogen (secondary N) is 4. The Hall–Kier alpha value is -4.47. The molecule has 4 N–H and O–H groups in total. The van der Waals surface area contributed by atoms with Gasteiger partial charge in [0.2, 0.25) is 29.4 Å². The molecule has 0 spiro atoms. The highest BCUT2D eigenvalue weighted by molar-refractivity contribution is 6.38. The second kappa shape index (κ2) is 16.1. The van der Waals surface area contributed by atoms with Gasteiger partial charge in [0.1, 0.15) is 11.6 Å². The Morgan fingerprint density at radius 2 is 1.67 bits per heavy atom. The number of rotatable bonds is 14. The first-order valence-corrected chi connectivity index (χ1v) is 19.6. The Morgan fingerprint density at radius 1 is 1.02 bits per heavy atom. The number of unbranched alkanes of at least 4 members (excludes halogenated alkanes) is 1. The van der Waals surface area contributed by atoms with Crippen LogP contribution in [0.3, 0.4) is 0 Å². The normalized spacial score (nSPS) is 27.9. The van der Waals surface area contributed by atoms with Crippen LogP contribution in [0.4, 0.5) is 4.79 Å². The number of ketones is 1. The van der Waals surface area contributed by atoms with Gasteiger partial charge in [-0.05, 0) is 48.0 Å². The van der Waals surface area contributed by atoms with Crippen molar-refractivity contribution in [2.24, 2.45) is 28.6 Å². The molecular weight excluding hydrogens is 688 g/mol. The number of hydrogen-bond acceptors (Lipinski definition) is 7. The van der Waals surface area contributed by atoms with Crippen LogP contribution in [-0.4, -0.2) is 94.4 Å². The lowest BCUT2D eigenvalue weighted by Crippen LogP contribution is -2.62. The van der Waals surface area contributed by atoms with E-state index in [4.69, 9.17) is 0 Å². The lowest BCUT2D eigenvalue weighted by Gasteiger charge is -2.40. The zero-order valence-electron chi connectivity index (χ0n) is 32.8. The molecule has 0 aromatic heterocycles. The number of likely N-dealkylation sites (tertiary alicyclic amines) is 2. The standard InChI is InChI=1S/C41H58N6O7/c1-8-10-19-29(34(50)36(52)42-20-9-2)43-35(51)33-26-16-14-15-25(26)23-47(33)37(53)41(27-17-12-11-13-18-28(27)41)45-38(54)44-30(39(3,4)5)24-46-31(48)21-40(6,7)22-32(46)49/h9,15,25,27-30,33H,2,8,10-13,17-24H2,1,3-7H3,(H,42,52)(H,43,51)(H2,44,45,54)/t25?,27?,28?,29?,30-,33+,41?/m1/s1. The maximum absolute atomic E-state index is 15.0. The first-order valence-electron chi connectivity index (χ1n) is 19.6. The summed E-state index contributed by atoms with van der Waals surface area (Å²) in [6.07, 6.45) is 9.54. The smallest absolute Gasteiger partial charge is 0.315 e. The Kier molecular flexibility index (Phi) is 12.1. The van der Waals surface area contributed by atoms with Gasteiger partial charge in [-0.1, -0.05) is 91.2 Å². The molecule has 54 heavy (non-hydrogen) atoms. The lowest BCUT2D eigenvalue weighted by molar-refractivity contribution is -0.153. The van der Waals surface area contributed by atoms with Crippen LogP contribution in [0.5, 0.6) is 0 Å². The summed E-state index contributed by atoms with van der Waals surface area (Å²) in [7, 11) is 0. The third-order valence-electron chi connectivity index (χ3n) is 11.8. The SMILES string of the molecule is C=CCNC(=O)C(=O)C(CCCC)NC(=O)[C@@H]1C2=C=C=CC2CN1C(=O)C1(NC(=O)N[C@H](CN2C(=O)CC(C)(C)CC2=O)C(C)(C)C)C2CCCCCC21. The van der Waals surface area contributed by atoms with Crippen molar-refractivity contribution in [2.75, 3.05) is 19.6 Å². The molecule has 2 heterocycles. The number of carbonyl (C=O) groups is 7.